The SMILES string of the molecule is CCc1nc2ccccc2c(C)c1C(=O)OCC(=O)N(C)Cc1ccsc1. The van der Waals surface area contributed by atoms with E-state index in [1.54, 1.807) is 23.3 Å². The number of amides is 1. The third-order valence-corrected chi connectivity index (χ3v) is 5.25. The number of aromatic nitrogens is 1. The van der Waals surface area contributed by atoms with E-state index in [1.165, 1.54) is 0 Å². The van der Waals surface area contributed by atoms with Crippen LogP contribution >= 0.6 is 11.3 Å². The van der Waals surface area contributed by atoms with Crippen molar-refractivity contribution < 1.29 is 14.3 Å². The van der Waals surface area contributed by atoms with Gasteiger partial charge in [-0.3, -0.25) is 9.78 Å². The molecule has 140 valence electrons. The number of fused-ring (bicyclic) bond motifs is 1. The molecule has 0 aliphatic rings. The molecule has 1 aromatic carbocycles. The molecule has 0 bridgehead atoms. The predicted molar refractivity (Wildman–Crippen MR) is 107 cm³/mol. The second-order valence-corrected chi connectivity index (χ2v) is 7.17. The Bertz CT molecular complexity index is 967. The second-order valence-electron chi connectivity index (χ2n) is 6.39. The molecule has 0 saturated carbocycles. The molecule has 2 heterocycles. The number of nitrogens with zero attached hydrogens (tertiary/aromatic N) is 2. The number of hydrogen-bond acceptors (Lipinski definition) is 5. The van der Waals surface area contributed by atoms with E-state index in [4.69, 9.17) is 4.74 Å². The highest BCUT2D eigenvalue weighted by molar-refractivity contribution is 7.07. The van der Waals surface area contributed by atoms with Gasteiger partial charge in [0, 0.05) is 19.0 Å². The first-order valence-electron chi connectivity index (χ1n) is 8.81. The number of para-hydroxylation sites is 1. The van der Waals surface area contributed by atoms with Crippen LogP contribution < -0.4 is 0 Å². The first kappa shape index (κ1) is 19.0. The van der Waals surface area contributed by atoms with Crippen LogP contribution in [0.4, 0.5) is 0 Å². The van der Waals surface area contributed by atoms with Crippen molar-refractivity contribution in [2.24, 2.45) is 0 Å². The van der Waals surface area contributed by atoms with Gasteiger partial charge in [0.15, 0.2) is 6.61 Å². The van der Waals surface area contributed by atoms with Crippen LogP contribution in [0.25, 0.3) is 10.9 Å². The molecule has 6 heteroatoms. The fraction of sp³-hybridized carbons (Fsp3) is 0.286. The molecule has 5 nitrogen and oxygen atoms in total. The lowest BCUT2D eigenvalue weighted by molar-refractivity contribution is -0.133. The van der Waals surface area contributed by atoms with Crippen molar-refractivity contribution in [3.8, 4) is 0 Å². The summed E-state index contributed by atoms with van der Waals surface area (Å²) in [7, 11) is 1.70. The Morgan fingerprint density at radius 3 is 2.70 bits per heavy atom. The van der Waals surface area contributed by atoms with E-state index in [2.05, 4.69) is 4.98 Å². The van der Waals surface area contributed by atoms with Crippen LogP contribution in [-0.2, 0) is 22.5 Å². The summed E-state index contributed by atoms with van der Waals surface area (Å²) in [5.74, 6) is -0.737. The molecule has 0 saturated heterocycles. The summed E-state index contributed by atoms with van der Waals surface area (Å²) in [6.45, 7) is 4.06. The number of aryl methyl sites for hydroxylation is 2. The average Bonchev–Trinajstić information content (AvgIpc) is 3.18. The van der Waals surface area contributed by atoms with Gasteiger partial charge in [-0.15, -0.1) is 0 Å². The molecule has 0 spiro atoms. The number of carbonyl (C=O) groups is 2. The Hall–Kier alpha value is -2.73. The van der Waals surface area contributed by atoms with E-state index in [-0.39, 0.29) is 12.5 Å². The third-order valence-electron chi connectivity index (χ3n) is 4.52. The number of carbonyl (C=O) groups excluding carboxylic acids is 2. The normalized spacial score (nSPS) is 10.8. The van der Waals surface area contributed by atoms with Gasteiger partial charge in [-0.2, -0.15) is 11.3 Å². The number of esters is 1. The van der Waals surface area contributed by atoms with Gasteiger partial charge in [0.1, 0.15) is 0 Å². The molecule has 0 atom stereocenters. The van der Waals surface area contributed by atoms with Gasteiger partial charge in [0.2, 0.25) is 0 Å². The molecule has 3 rings (SSSR count). The molecule has 1 amide bonds. The highest BCUT2D eigenvalue weighted by atomic mass is 32.1. The minimum atomic E-state index is -0.500. The Morgan fingerprint density at radius 1 is 1.22 bits per heavy atom. The minimum absolute atomic E-state index is 0.237. The predicted octanol–water partition coefficient (Wildman–Crippen LogP) is 3.98. The van der Waals surface area contributed by atoms with Crippen LogP contribution in [0, 0.1) is 6.92 Å². The molecule has 0 aliphatic heterocycles. The van der Waals surface area contributed by atoms with Crippen LogP contribution in [0.2, 0.25) is 0 Å². The van der Waals surface area contributed by atoms with E-state index >= 15 is 0 Å². The Kier molecular flexibility index (Phi) is 5.86. The molecule has 0 radical (unpaired) electrons. The second kappa shape index (κ2) is 8.31. The van der Waals surface area contributed by atoms with Crippen LogP contribution in [0.15, 0.2) is 41.1 Å². The zero-order chi connectivity index (χ0) is 19.4. The number of hydrogen-bond donors (Lipinski definition) is 0. The van der Waals surface area contributed by atoms with E-state index in [1.807, 2.05) is 54.9 Å². The summed E-state index contributed by atoms with van der Waals surface area (Å²) in [5, 5.41) is 4.88. The molecule has 0 fully saturated rings. The van der Waals surface area contributed by atoms with Crippen LogP contribution in [0.1, 0.15) is 34.1 Å². The summed E-state index contributed by atoms with van der Waals surface area (Å²) in [4.78, 5) is 31.1. The zero-order valence-corrected chi connectivity index (χ0v) is 16.5. The largest absolute Gasteiger partial charge is 0.452 e. The van der Waals surface area contributed by atoms with E-state index in [0.717, 1.165) is 22.0 Å². The van der Waals surface area contributed by atoms with E-state index in [9.17, 15) is 9.59 Å². The van der Waals surface area contributed by atoms with Gasteiger partial charge in [0.05, 0.1) is 16.8 Å². The first-order chi connectivity index (χ1) is 13.0. The molecule has 0 aliphatic carbocycles. The maximum atomic E-state index is 12.7. The molecular formula is C21H22N2O3S. The topological polar surface area (TPSA) is 59.5 Å². The quantitative estimate of drug-likeness (QED) is 0.605. The van der Waals surface area contributed by atoms with Crippen molar-refractivity contribution in [1.82, 2.24) is 9.88 Å². The molecule has 3 aromatic rings. The summed E-state index contributed by atoms with van der Waals surface area (Å²) in [6, 6.07) is 9.68. The number of likely N-dealkylation sites (N-methyl/N-ethyl adjacent to an activating group) is 1. The van der Waals surface area contributed by atoms with Crippen molar-refractivity contribution in [2.75, 3.05) is 13.7 Å². The maximum absolute atomic E-state index is 12.7. The van der Waals surface area contributed by atoms with Crippen molar-refractivity contribution in [3.05, 3.63) is 63.5 Å². The van der Waals surface area contributed by atoms with Gasteiger partial charge in [0.25, 0.3) is 5.91 Å². The van der Waals surface area contributed by atoms with Gasteiger partial charge in [-0.25, -0.2) is 4.79 Å². The fourth-order valence-corrected chi connectivity index (χ4v) is 3.68. The zero-order valence-electron chi connectivity index (χ0n) is 15.7. The molecule has 27 heavy (non-hydrogen) atoms. The van der Waals surface area contributed by atoms with Crippen molar-refractivity contribution in [3.63, 3.8) is 0 Å². The fourth-order valence-electron chi connectivity index (χ4n) is 3.02. The number of pyridine rings is 1. The van der Waals surface area contributed by atoms with Crippen LogP contribution in [-0.4, -0.2) is 35.4 Å². The van der Waals surface area contributed by atoms with Gasteiger partial charge < -0.3 is 9.64 Å². The summed E-state index contributed by atoms with van der Waals surface area (Å²) in [5.41, 5.74) is 3.90. The number of thiophene rings is 1. The first-order valence-corrected chi connectivity index (χ1v) is 9.76. The molecule has 0 N–H and O–H groups in total. The lowest BCUT2D eigenvalue weighted by Crippen LogP contribution is -2.31. The highest BCUT2D eigenvalue weighted by Gasteiger charge is 2.21. The Morgan fingerprint density at radius 2 is 2.00 bits per heavy atom. The summed E-state index contributed by atoms with van der Waals surface area (Å²) in [6.07, 6.45) is 0.613. The van der Waals surface area contributed by atoms with E-state index in [0.29, 0.717) is 24.2 Å². The number of rotatable bonds is 6. The highest BCUT2D eigenvalue weighted by Crippen LogP contribution is 2.24. The number of benzene rings is 1. The van der Waals surface area contributed by atoms with Gasteiger partial charge in [-0.1, -0.05) is 25.1 Å². The van der Waals surface area contributed by atoms with Crippen LogP contribution in [0.5, 0.6) is 0 Å². The van der Waals surface area contributed by atoms with Crippen molar-refractivity contribution >= 4 is 34.1 Å². The molecule has 2 aromatic heterocycles. The standard InChI is InChI=1S/C21H22N2O3S/c1-4-17-20(14(2)16-7-5-6-8-18(16)22-17)21(25)26-12-19(24)23(3)11-15-9-10-27-13-15/h5-10,13H,4,11-12H2,1-3H3. The summed E-state index contributed by atoms with van der Waals surface area (Å²) >= 11 is 1.59. The van der Waals surface area contributed by atoms with Crippen molar-refractivity contribution in [2.45, 2.75) is 26.8 Å². The Labute approximate surface area is 162 Å². The monoisotopic (exact) mass is 382 g/mol. The smallest absolute Gasteiger partial charge is 0.340 e. The maximum Gasteiger partial charge on any atom is 0.340 e. The lowest BCUT2D eigenvalue weighted by Gasteiger charge is -2.17. The Balaban J connectivity index is 1.74. The minimum Gasteiger partial charge on any atom is -0.452 e. The lowest BCUT2D eigenvalue weighted by atomic mass is 10.0. The molecular weight excluding hydrogens is 360 g/mol. The van der Waals surface area contributed by atoms with Crippen molar-refractivity contribution in [1.29, 1.82) is 0 Å². The van der Waals surface area contributed by atoms with E-state index < -0.39 is 5.97 Å². The number of ether oxygens (including phenoxy) is 1. The van der Waals surface area contributed by atoms with Gasteiger partial charge in [-0.05, 0) is 47.4 Å². The van der Waals surface area contributed by atoms with Crippen LogP contribution in [0.3, 0.4) is 0 Å². The van der Waals surface area contributed by atoms with Gasteiger partial charge >= 0.3 is 5.97 Å². The average molecular weight is 382 g/mol. The molecule has 0 unspecified atom stereocenters. The third kappa shape index (κ3) is 4.17. The summed E-state index contributed by atoms with van der Waals surface area (Å²) < 4.78 is 5.33.